The molecule has 0 fully saturated rings. The van der Waals surface area contributed by atoms with Gasteiger partial charge in [0.2, 0.25) is 0 Å². The number of aromatic nitrogens is 1. The maximum Gasteiger partial charge on any atom is 0.434 e. The molecule has 2 rings (SSSR count). The third-order valence-corrected chi connectivity index (χ3v) is 3.86. The Hall–Kier alpha value is -1.60. The maximum absolute atomic E-state index is 13.0. The van der Waals surface area contributed by atoms with E-state index in [1.165, 1.54) is 12.1 Å². The zero-order valence-electron chi connectivity index (χ0n) is 11.5. The summed E-state index contributed by atoms with van der Waals surface area (Å²) in [4.78, 5) is 3.90. The first kappa shape index (κ1) is 15.8. The maximum atomic E-state index is 13.0. The Bertz CT molecular complexity index is 606. The number of phenolic OH excluding ortho intramolecular Hbond substituents is 1. The van der Waals surface area contributed by atoms with Crippen LogP contribution in [0.15, 0.2) is 24.3 Å². The minimum absolute atomic E-state index is 0.0630. The molecule has 1 aromatic heterocycles. The smallest absolute Gasteiger partial charge is 0.434 e. The first-order chi connectivity index (χ1) is 9.77. The van der Waals surface area contributed by atoms with E-state index in [0.717, 1.165) is 11.3 Å². The molecule has 0 saturated carbocycles. The molecule has 1 heterocycles. The summed E-state index contributed by atoms with van der Waals surface area (Å²) in [5, 5.41) is 12.5. The lowest BCUT2D eigenvalue weighted by atomic mass is 10.2. The van der Waals surface area contributed by atoms with Crippen molar-refractivity contribution in [3.8, 4) is 16.3 Å². The SMILES string of the molecule is CC(C)NCc1sc(-c2ccc(O)cc2)nc1C(F)(F)F. The van der Waals surface area contributed by atoms with Gasteiger partial charge >= 0.3 is 6.18 Å². The number of alkyl halides is 3. The predicted molar refractivity (Wildman–Crippen MR) is 76.2 cm³/mol. The lowest BCUT2D eigenvalue weighted by Crippen LogP contribution is -2.23. The van der Waals surface area contributed by atoms with Crippen LogP contribution in [-0.2, 0) is 12.7 Å². The second kappa shape index (κ2) is 6.03. The highest BCUT2D eigenvalue weighted by Gasteiger charge is 2.37. The Labute approximate surface area is 124 Å². The Morgan fingerprint density at radius 3 is 2.38 bits per heavy atom. The summed E-state index contributed by atoms with van der Waals surface area (Å²) in [6.45, 7) is 3.87. The van der Waals surface area contributed by atoms with E-state index in [1.54, 1.807) is 12.1 Å². The summed E-state index contributed by atoms with van der Waals surface area (Å²) in [6.07, 6.45) is -4.47. The van der Waals surface area contributed by atoms with E-state index in [0.29, 0.717) is 10.6 Å². The molecule has 7 heteroatoms. The molecule has 21 heavy (non-hydrogen) atoms. The van der Waals surface area contributed by atoms with Gasteiger partial charge in [0.25, 0.3) is 0 Å². The number of halogens is 3. The lowest BCUT2D eigenvalue weighted by molar-refractivity contribution is -0.141. The molecule has 0 unspecified atom stereocenters. The molecule has 114 valence electrons. The van der Waals surface area contributed by atoms with Crippen molar-refractivity contribution < 1.29 is 18.3 Å². The number of aromatic hydroxyl groups is 1. The zero-order chi connectivity index (χ0) is 15.6. The van der Waals surface area contributed by atoms with Gasteiger partial charge in [0, 0.05) is 18.2 Å². The summed E-state index contributed by atoms with van der Waals surface area (Å²) in [6, 6.07) is 6.04. The van der Waals surface area contributed by atoms with Crippen LogP contribution in [0.1, 0.15) is 24.4 Å². The molecule has 0 aliphatic rings. The average molecular weight is 316 g/mol. The number of rotatable bonds is 4. The molecule has 0 radical (unpaired) electrons. The minimum Gasteiger partial charge on any atom is -0.508 e. The van der Waals surface area contributed by atoms with Crippen molar-refractivity contribution in [1.29, 1.82) is 0 Å². The average Bonchev–Trinajstić information content (AvgIpc) is 2.81. The van der Waals surface area contributed by atoms with E-state index in [1.807, 2.05) is 13.8 Å². The first-order valence-electron chi connectivity index (χ1n) is 6.37. The van der Waals surface area contributed by atoms with Crippen molar-refractivity contribution in [2.75, 3.05) is 0 Å². The number of phenols is 1. The van der Waals surface area contributed by atoms with Crippen LogP contribution in [0.5, 0.6) is 5.75 Å². The molecule has 3 nitrogen and oxygen atoms in total. The third kappa shape index (κ3) is 3.95. The van der Waals surface area contributed by atoms with E-state index >= 15 is 0 Å². The standard InChI is InChI=1S/C14H15F3N2OS/c1-8(2)18-7-11-12(14(15,16)17)19-13(21-11)9-3-5-10(20)6-4-9/h3-6,8,18,20H,7H2,1-2H3. The van der Waals surface area contributed by atoms with Gasteiger partial charge in [-0.05, 0) is 24.3 Å². The third-order valence-electron chi connectivity index (χ3n) is 2.75. The van der Waals surface area contributed by atoms with Crippen LogP contribution in [-0.4, -0.2) is 16.1 Å². The van der Waals surface area contributed by atoms with Crippen LogP contribution in [0.3, 0.4) is 0 Å². The highest BCUT2D eigenvalue weighted by Crippen LogP contribution is 2.37. The topological polar surface area (TPSA) is 45.1 Å². The molecular formula is C14H15F3N2OS. The number of hydrogen-bond donors (Lipinski definition) is 2. The fourth-order valence-electron chi connectivity index (χ4n) is 1.72. The fourth-order valence-corrected chi connectivity index (χ4v) is 2.76. The Balaban J connectivity index is 2.37. The van der Waals surface area contributed by atoms with Gasteiger partial charge in [-0.15, -0.1) is 11.3 Å². The Morgan fingerprint density at radius 2 is 1.86 bits per heavy atom. The molecule has 1 aromatic carbocycles. The molecule has 2 N–H and O–H groups in total. The second-order valence-electron chi connectivity index (χ2n) is 4.87. The molecule has 0 amide bonds. The van der Waals surface area contributed by atoms with Crippen molar-refractivity contribution in [3.05, 3.63) is 34.8 Å². The van der Waals surface area contributed by atoms with Crippen molar-refractivity contribution in [2.24, 2.45) is 0 Å². The van der Waals surface area contributed by atoms with Crippen molar-refractivity contribution >= 4 is 11.3 Å². The minimum atomic E-state index is -4.47. The molecule has 0 saturated heterocycles. The van der Waals surface area contributed by atoms with Gasteiger partial charge in [-0.3, -0.25) is 0 Å². The summed E-state index contributed by atoms with van der Waals surface area (Å²) in [5.41, 5.74) is -0.289. The molecule has 0 spiro atoms. The Morgan fingerprint density at radius 1 is 1.24 bits per heavy atom. The lowest BCUT2D eigenvalue weighted by Gasteiger charge is -2.09. The highest BCUT2D eigenvalue weighted by atomic mass is 32.1. The molecule has 0 atom stereocenters. The van der Waals surface area contributed by atoms with E-state index in [4.69, 9.17) is 0 Å². The first-order valence-corrected chi connectivity index (χ1v) is 7.18. The predicted octanol–water partition coefficient (Wildman–Crippen LogP) is 4.03. The van der Waals surface area contributed by atoms with Crippen LogP contribution in [0.25, 0.3) is 10.6 Å². The molecule has 2 aromatic rings. The van der Waals surface area contributed by atoms with Gasteiger partial charge in [0.1, 0.15) is 10.8 Å². The van der Waals surface area contributed by atoms with Gasteiger partial charge in [0.05, 0.1) is 4.88 Å². The van der Waals surface area contributed by atoms with Crippen molar-refractivity contribution in [1.82, 2.24) is 10.3 Å². The fraction of sp³-hybridized carbons (Fsp3) is 0.357. The van der Waals surface area contributed by atoms with E-state index in [2.05, 4.69) is 10.3 Å². The number of hydrogen-bond acceptors (Lipinski definition) is 4. The van der Waals surface area contributed by atoms with Crippen LogP contribution in [0, 0.1) is 0 Å². The van der Waals surface area contributed by atoms with Crippen molar-refractivity contribution in [3.63, 3.8) is 0 Å². The number of nitrogens with zero attached hydrogens (tertiary/aromatic N) is 1. The molecule has 0 bridgehead atoms. The van der Waals surface area contributed by atoms with Crippen LogP contribution in [0.4, 0.5) is 13.2 Å². The van der Waals surface area contributed by atoms with Crippen LogP contribution >= 0.6 is 11.3 Å². The molecule has 0 aliphatic heterocycles. The molecular weight excluding hydrogens is 301 g/mol. The number of thiazole rings is 1. The summed E-state index contributed by atoms with van der Waals surface area (Å²) < 4.78 is 39.1. The largest absolute Gasteiger partial charge is 0.508 e. The van der Waals surface area contributed by atoms with Crippen LogP contribution < -0.4 is 5.32 Å². The summed E-state index contributed by atoms with van der Waals surface area (Å²) in [7, 11) is 0. The highest BCUT2D eigenvalue weighted by molar-refractivity contribution is 7.15. The van der Waals surface area contributed by atoms with Gasteiger partial charge in [-0.1, -0.05) is 13.8 Å². The van der Waals surface area contributed by atoms with Gasteiger partial charge in [-0.25, -0.2) is 4.98 Å². The van der Waals surface area contributed by atoms with Crippen molar-refractivity contribution in [2.45, 2.75) is 32.6 Å². The summed E-state index contributed by atoms with van der Waals surface area (Å²) >= 11 is 1.01. The zero-order valence-corrected chi connectivity index (χ0v) is 12.3. The van der Waals surface area contributed by atoms with E-state index < -0.39 is 11.9 Å². The number of nitrogens with one attached hydrogen (secondary N) is 1. The van der Waals surface area contributed by atoms with Gasteiger partial charge in [-0.2, -0.15) is 13.2 Å². The second-order valence-corrected chi connectivity index (χ2v) is 5.95. The Kier molecular flexibility index (Phi) is 4.53. The normalized spacial score (nSPS) is 12.1. The van der Waals surface area contributed by atoms with E-state index in [-0.39, 0.29) is 23.2 Å². The van der Waals surface area contributed by atoms with Gasteiger partial charge < -0.3 is 10.4 Å². The van der Waals surface area contributed by atoms with Gasteiger partial charge in [0.15, 0.2) is 5.69 Å². The van der Waals surface area contributed by atoms with Crippen LogP contribution in [0.2, 0.25) is 0 Å². The number of benzene rings is 1. The quantitative estimate of drug-likeness (QED) is 0.895. The summed E-state index contributed by atoms with van der Waals surface area (Å²) in [5.74, 6) is 0.0630. The monoisotopic (exact) mass is 316 g/mol. The molecule has 0 aliphatic carbocycles. The van der Waals surface area contributed by atoms with E-state index in [9.17, 15) is 18.3 Å².